The molecule has 18 heavy (non-hydrogen) atoms. The number of nitrogen functional groups attached to an aromatic ring is 1. The lowest BCUT2D eigenvalue weighted by molar-refractivity contribution is 0.209. The highest BCUT2D eigenvalue weighted by atomic mass is 15.2. The third-order valence-corrected chi connectivity index (χ3v) is 3.93. The minimum absolute atomic E-state index is 0.737. The minimum Gasteiger partial charge on any atom is -0.399 e. The van der Waals surface area contributed by atoms with Gasteiger partial charge < -0.3 is 5.73 Å². The molecule has 3 heteroatoms. The van der Waals surface area contributed by atoms with Crippen LogP contribution in [-0.2, 0) is 6.54 Å². The predicted molar refractivity (Wildman–Crippen MR) is 77.5 cm³/mol. The quantitative estimate of drug-likeness (QED) is 0.810. The van der Waals surface area contributed by atoms with Gasteiger partial charge in [0.05, 0.1) is 0 Å². The Balaban J connectivity index is 1.89. The van der Waals surface area contributed by atoms with Crippen LogP contribution >= 0.6 is 0 Å². The molecule has 2 rings (SSSR count). The van der Waals surface area contributed by atoms with Gasteiger partial charge in [-0.05, 0) is 37.2 Å². The fraction of sp³-hybridized carbons (Fsp3) is 0.600. The molecule has 0 saturated carbocycles. The summed E-state index contributed by atoms with van der Waals surface area (Å²) >= 11 is 0. The van der Waals surface area contributed by atoms with Crippen molar-refractivity contribution >= 4 is 5.69 Å². The van der Waals surface area contributed by atoms with Crippen LogP contribution in [-0.4, -0.2) is 42.0 Å². The molecule has 1 saturated heterocycles. The maximum Gasteiger partial charge on any atom is 0.0317 e. The fourth-order valence-electron chi connectivity index (χ4n) is 2.94. The van der Waals surface area contributed by atoms with Gasteiger partial charge in [0.2, 0.25) is 0 Å². The van der Waals surface area contributed by atoms with Crippen molar-refractivity contribution in [2.45, 2.75) is 32.9 Å². The molecule has 0 aromatic heterocycles. The van der Waals surface area contributed by atoms with Crippen molar-refractivity contribution in [2.75, 3.05) is 31.9 Å². The molecular weight excluding hydrogens is 222 g/mol. The van der Waals surface area contributed by atoms with E-state index in [1.807, 2.05) is 12.1 Å². The number of hydrogen-bond acceptors (Lipinski definition) is 3. The van der Waals surface area contributed by atoms with Gasteiger partial charge in [-0.1, -0.05) is 26.0 Å². The number of likely N-dealkylation sites (N-methyl/N-ethyl adjacent to an activating group) is 1. The fourth-order valence-corrected chi connectivity index (χ4v) is 2.94. The Morgan fingerprint density at radius 3 is 2.78 bits per heavy atom. The number of benzene rings is 1. The zero-order valence-electron chi connectivity index (χ0n) is 11.6. The first-order chi connectivity index (χ1) is 8.72. The van der Waals surface area contributed by atoms with Gasteiger partial charge >= 0.3 is 0 Å². The largest absolute Gasteiger partial charge is 0.399 e. The van der Waals surface area contributed by atoms with E-state index in [0.29, 0.717) is 0 Å². The zero-order chi connectivity index (χ0) is 13.0. The summed E-state index contributed by atoms with van der Waals surface area (Å²) in [5, 5.41) is 0. The summed E-state index contributed by atoms with van der Waals surface area (Å²) in [6.45, 7) is 10.3. The van der Waals surface area contributed by atoms with Crippen molar-refractivity contribution in [2.24, 2.45) is 0 Å². The third kappa shape index (κ3) is 3.24. The molecule has 1 unspecified atom stereocenters. The summed E-state index contributed by atoms with van der Waals surface area (Å²) in [6.07, 6.45) is 1.30. The van der Waals surface area contributed by atoms with Crippen LogP contribution in [0.2, 0.25) is 0 Å². The normalized spacial score (nSPS) is 20.7. The predicted octanol–water partition coefficient (Wildman–Crippen LogP) is 2.18. The van der Waals surface area contributed by atoms with Gasteiger partial charge in [-0.3, -0.25) is 9.80 Å². The Kier molecular flexibility index (Phi) is 4.61. The van der Waals surface area contributed by atoms with Crippen LogP contribution in [0, 0.1) is 0 Å². The van der Waals surface area contributed by atoms with E-state index in [1.165, 1.54) is 25.1 Å². The van der Waals surface area contributed by atoms with Crippen molar-refractivity contribution in [3.8, 4) is 0 Å². The SMILES string of the molecule is CCN(CC)C1CCN(Cc2cccc(N)c2)C1. The molecular formula is C15H25N3. The molecule has 2 N–H and O–H groups in total. The molecule has 1 aromatic carbocycles. The maximum atomic E-state index is 5.82. The van der Waals surface area contributed by atoms with Gasteiger partial charge in [-0.25, -0.2) is 0 Å². The lowest BCUT2D eigenvalue weighted by atomic mass is 10.2. The summed E-state index contributed by atoms with van der Waals surface area (Å²) in [7, 11) is 0. The molecule has 1 aliphatic heterocycles. The second-order valence-electron chi connectivity index (χ2n) is 5.14. The topological polar surface area (TPSA) is 32.5 Å². The lowest BCUT2D eigenvalue weighted by Gasteiger charge is -2.26. The second-order valence-corrected chi connectivity index (χ2v) is 5.14. The van der Waals surface area contributed by atoms with E-state index in [1.54, 1.807) is 0 Å². The third-order valence-electron chi connectivity index (χ3n) is 3.93. The maximum absolute atomic E-state index is 5.82. The first-order valence-corrected chi connectivity index (χ1v) is 7.03. The van der Waals surface area contributed by atoms with Crippen LogP contribution in [0.15, 0.2) is 24.3 Å². The van der Waals surface area contributed by atoms with E-state index < -0.39 is 0 Å². The second kappa shape index (κ2) is 6.21. The van der Waals surface area contributed by atoms with E-state index in [0.717, 1.165) is 31.4 Å². The van der Waals surface area contributed by atoms with Crippen LogP contribution in [0.25, 0.3) is 0 Å². The molecule has 0 amide bonds. The molecule has 0 spiro atoms. The summed E-state index contributed by atoms with van der Waals surface area (Å²) in [5.41, 5.74) is 8.02. The van der Waals surface area contributed by atoms with Crippen molar-refractivity contribution in [3.05, 3.63) is 29.8 Å². The van der Waals surface area contributed by atoms with Crippen LogP contribution in [0.3, 0.4) is 0 Å². The van der Waals surface area contributed by atoms with E-state index in [4.69, 9.17) is 5.73 Å². The Hall–Kier alpha value is -1.06. The molecule has 100 valence electrons. The first-order valence-electron chi connectivity index (χ1n) is 7.03. The van der Waals surface area contributed by atoms with Crippen LogP contribution in [0.5, 0.6) is 0 Å². The molecule has 3 nitrogen and oxygen atoms in total. The molecule has 0 bridgehead atoms. The monoisotopic (exact) mass is 247 g/mol. The zero-order valence-corrected chi connectivity index (χ0v) is 11.6. The van der Waals surface area contributed by atoms with Gasteiger partial charge in [0.25, 0.3) is 0 Å². The van der Waals surface area contributed by atoms with Gasteiger partial charge in [0.15, 0.2) is 0 Å². The highest BCUT2D eigenvalue weighted by molar-refractivity contribution is 5.40. The highest BCUT2D eigenvalue weighted by Crippen LogP contribution is 2.18. The number of rotatable bonds is 5. The lowest BCUT2D eigenvalue weighted by Crippen LogP contribution is -2.37. The Morgan fingerprint density at radius 1 is 1.33 bits per heavy atom. The molecule has 1 aliphatic rings. The molecule has 0 aliphatic carbocycles. The standard InChI is InChI=1S/C15H25N3/c1-3-18(4-2)15-8-9-17(12-15)11-13-6-5-7-14(16)10-13/h5-7,10,15H,3-4,8-9,11-12,16H2,1-2H3. The molecule has 1 fully saturated rings. The van der Waals surface area contributed by atoms with Crippen molar-refractivity contribution in [1.82, 2.24) is 9.80 Å². The average molecular weight is 247 g/mol. The summed E-state index contributed by atoms with van der Waals surface area (Å²) in [4.78, 5) is 5.11. The van der Waals surface area contributed by atoms with Gasteiger partial charge in [-0.15, -0.1) is 0 Å². The number of nitrogens with two attached hydrogens (primary N) is 1. The smallest absolute Gasteiger partial charge is 0.0317 e. The Labute approximate surface area is 111 Å². The number of likely N-dealkylation sites (tertiary alicyclic amines) is 1. The van der Waals surface area contributed by atoms with Crippen LogP contribution < -0.4 is 5.73 Å². The highest BCUT2D eigenvalue weighted by Gasteiger charge is 2.25. The average Bonchev–Trinajstić information content (AvgIpc) is 2.79. The number of hydrogen-bond donors (Lipinski definition) is 1. The summed E-state index contributed by atoms with van der Waals surface area (Å²) < 4.78 is 0. The van der Waals surface area contributed by atoms with Gasteiger partial charge in [0.1, 0.15) is 0 Å². The van der Waals surface area contributed by atoms with E-state index in [9.17, 15) is 0 Å². The van der Waals surface area contributed by atoms with Crippen LogP contribution in [0.4, 0.5) is 5.69 Å². The van der Waals surface area contributed by atoms with E-state index in [2.05, 4.69) is 35.8 Å². The van der Waals surface area contributed by atoms with Crippen molar-refractivity contribution in [1.29, 1.82) is 0 Å². The van der Waals surface area contributed by atoms with Crippen molar-refractivity contribution in [3.63, 3.8) is 0 Å². The number of anilines is 1. The Morgan fingerprint density at radius 2 is 2.11 bits per heavy atom. The number of nitrogens with zero attached hydrogens (tertiary/aromatic N) is 2. The summed E-state index contributed by atoms with van der Waals surface area (Å²) in [5.74, 6) is 0. The first kappa shape index (κ1) is 13.4. The van der Waals surface area contributed by atoms with E-state index in [-0.39, 0.29) is 0 Å². The Bertz CT molecular complexity index is 374. The minimum atomic E-state index is 0.737. The van der Waals surface area contributed by atoms with Gasteiger partial charge in [0, 0.05) is 31.4 Å². The van der Waals surface area contributed by atoms with Crippen molar-refractivity contribution < 1.29 is 0 Å². The van der Waals surface area contributed by atoms with Gasteiger partial charge in [-0.2, -0.15) is 0 Å². The molecule has 1 heterocycles. The molecule has 1 atom stereocenters. The van der Waals surface area contributed by atoms with E-state index >= 15 is 0 Å². The molecule has 0 radical (unpaired) electrons. The summed E-state index contributed by atoms with van der Waals surface area (Å²) in [6, 6.07) is 8.99. The molecule has 1 aromatic rings. The van der Waals surface area contributed by atoms with Crippen LogP contribution in [0.1, 0.15) is 25.8 Å².